The molecule has 4 heterocycles. The second-order valence-electron chi connectivity index (χ2n) is 8.12. The third kappa shape index (κ3) is 3.95. The van der Waals surface area contributed by atoms with Crippen molar-refractivity contribution in [2.45, 2.75) is 13.3 Å². The van der Waals surface area contributed by atoms with Crippen LogP contribution in [0.3, 0.4) is 0 Å². The molecule has 1 aliphatic heterocycles. The average molecular weight is 486 g/mol. The zero-order chi connectivity index (χ0) is 23.9. The summed E-state index contributed by atoms with van der Waals surface area (Å²) < 4.78 is 16.0. The molecule has 9 heteroatoms. The van der Waals surface area contributed by atoms with Crippen LogP contribution in [0.25, 0.3) is 21.6 Å². The third-order valence-corrected chi connectivity index (χ3v) is 7.05. The maximum Gasteiger partial charge on any atom is 0.291 e. The van der Waals surface area contributed by atoms with Gasteiger partial charge in [0.15, 0.2) is 17.3 Å². The van der Waals surface area contributed by atoms with Crippen molar-refractivity contribution in [3.05, 3.63) is 93.0 Å². The number of aryl methyl sites for hydroxylation is 1. The molecular weight excluding hydrogens is 466 g/mol. The molecule has 2 N–H and O–H groups in total. The quantitative estimate of drug-likeness (QED) is 0.358. The number of ether oxygens (including phenoxy) is 2. The van der Waals surface area contributed by atoms with Crippen LogP contribution in [0.1, 0.15) is 26.6 Å². The molecule has 3 aromatic heterocycles. The Morgan fingerprint density at radius 1 is 1.11 bits per heavy atom. The van der Waals surface area contributed by atoms with Gasteiger partial charge in [-0.05, 0) is 66.6 Å². The SMILES string of the molecule is Cc1c(Cc2ccc3c(c2)OCO3)sc2nc(-c3ccc(NC(=O)c4ccco4)cc3)[nH]c(=O)c12. The summed E-state index contributed by atoms with van der Waals surface area (Å²) in [5.74, 6) is 1.86. The van der Waals surface area contributed by atoms with Crippen LogP contribution in [0, 0.1) is 6.92 Å². The Bertz CT molecular complexity index is 1620. The number of furan rings is 1. The van der Waals surface area contributed by atoms with E-state index in [0.717, 1.165) is 33.1 Å². The number of anilines is 1. The zero-order valence-electron chi connectivity index (χ0n) is 18.6. The average Bonchev–Trinajstić information content (AvgIpc) is 3.60. The lowest BCUT2D eigenvalue weighted by atomic mass is 10.1. The number of aromatic nitrogens is 2. The number of aromatic amines is 1. The highest BCUT2D eigenvalue weighted by molar-refractivity contribution is 7.18. The van der Waals surface area contributed by atoms with Crippen LogP contribution in [0.4, 0.5) is 5.69 Å². The zero-order valence-corrected chi connectivity index (χ0v) is 19.4. The second-order valence-corrected chi connectivity index (χ2v) is 9.20. The first-order chi connectivity index (χ1) is 17.0. The highest BCUT2D eigenvalue weighted by Gasteiger charge is 2.18. The van der Waals surface area contributed by atoms with Crippen LogP contribution in [0.15, 0.2) is 70.1 Å². The minimum absolute atomic E-state index is 0.175. The lowest BCUT2D eigenvalue weighted by molar-refractivity contribution is 0.0996. The van der Waals surface area contributed by atoms with E-state index in [1.54, 1.807) is 36.4 Å². The lowest BCUT2D eigenvalue weighted by Crippen LogP contribution is -2.11. The number of benzene rings is 2. The van der Waals surface area contributed by atoms with Crippen molar-refractivity contribution in [3.63, 3.8) is 0 Å². The molecule has 174 valence electrons. The first-order valence-corrected chi connectivity index (χ1v) is 11.7. The Balaban J connectivity index is 1.27. The van der Waals surface area contributed by atoms with Gasteiger partial charge < -0.3 is 24.2 Å². The molecule has 1 amide bonds. The van der Waals surface area contributed by atoms with Gasteiger partial charge in [0.2, 0.25) is 6.79 Å². The number of carbonyl (C=O) groups is 1. The maximum atomic E-state index is 13.0. The largest absolute Gasteiger partial charge is 0.459 e. The highest BCUT2D eigenvalue weighted by Crippen LogP contribution is 2.35. The predicted octanol–water partition coefficient (Wildman–Crippen LogP) is 5.12. The number of H-pyrrole nitrogens is 1. The number of carbonyl (C=O) groups excluding carboxylic acids is 1. The number of nitrogens with zero attached hydrogens (tertiary/aromatic N) is 1. The van der Waals surface area contributed by atoms with Gasteiger partial charge in [-0.3, -0.25) is 9.59 Å². The summed E-state index contributed by atoms with van der Waals surface area (Å²) in [4.78, 5) is 34.5. The van der Waals surface area contributed by atoms with Gasteiger partial charge in [0.25, 0.3) is 11.5 Å². The molecule has 2 aromatic carbocycles. The normalized spacial score (nSPS) is 12.3. The number of rotatable bonds is 5. The van der Waals surface area contributed by atoms with Gasteiger partial charge in [0.1, 0.15) is 10.7 Å². The Morgan fingerprint density at radius 3 is 2.74 bits per heavy atom. The Kier molecular flexibility index (Phi) is 5.11. The van der Waals surface area contributed by atoms with E-state index in [1.165, 1.54) is 17.6 Å². The number of fused-ring (bicyclic) bond motifs is 2. The minimum atomic E-state index is -0.334. The summed E-state index contributed by atoms with van der Waals surface area (Å²) in [5.41, 5.74) is 3.18. The van der Waals surface area contributed by atoms with E-state index in [-0.39, 0.29) is 24.0 Å². The van der Waals surface area contributed by atoms with E-state index in [9.17, 15) is 9.59 Å². The van der Waals surface area contributed by atoms with E-state index >= 15 is 0 Å². The van der Waals surface area contributed by atoms with E-state index in [4.69, 9.17) is 18.9 Å². The highest BCUT2D eigenvalue weighted by atomic mass is 32.1. The van der Waals surface area contributed by atoms with Gasteiger partial charge in [0, 0.05) is 22.5 Å². The monoisotopic (exact) mass is 485 g/mol. The number of hydrogen-bond donors (Lipinski definition) is 2. The summed E-state index contributed by atoms with van der Waals surface area (Å²) in [6, 6.07) is 16.3. The van der Waals surface area contributed by atoms with Crippen molar-refractivity contribution in [2.24, 2.45) is 0 Å². The van der Waals surface area contributed by atoms with Gasteiger partial charge in [0.05, 0.1) is 11.6 Å². The molecule has 0 fully saturated rings. The summed E-state index contributed by atoms with van der Waals surface area (Å²) in [7, 11) is 0. The fourth-order valence-electron chi connectivity index (χ4n) is 4.04. The molecule has 8 nitrogen and oxygen atoms in total. The molecular formula is C26H19N3O5S. The molecule has 0 atom stereocenters. The predicted molar refractivity (Wildman–Crippen MR) is 132 cm³/mol. The fraction of sp³-hybridized carbons (Fsp3) is 0.115. The van der Waals surface area contributed by atoms with E-state index in [2.05, 4.69) is 10.3 Å². The molecule has 0 spiro atoms. The van der Waals surface area contributed by atoms with Gasteiger partial charge in [-0.2, -0.15) is 0 Å². The summed E-state index contributed by atoms with van der Waals surface area (Å²) in [6.07, 6.45) is 2.12. The van der Waals surface area contributed by atoms with Crippen LogP contribution in [0.5, 0.6) is 11.5 Å². The van der Waals surface area contributed by atoms with Crippen LogP contribution in [-0.2, 0) is 6.42 Å². The maximum absolute atomic E-state index is 13.0. The molecule has 0 saturated heterocycles. The molecule has 5 aromatic rings. The van der Waals surface area contributed by atoms with Gasteiger partial charge in [-0.15, -0.1) is 11.3 Å². The Morgan fingerprint density at radius 2 is 1.94 bits per heavy atom. The van der Waals surface area contributed by atoms with Crippen molar-refractivity contribution >= 4 is 33.1 Å². The van der Waals surface area contributed by atoms with Crippen molar-refractivity contribution < 1.29 is 18.7 Å². The summed E-state index contributed by atoms with van der Waals surface area (Å²) >= 11 is 1.51. The Labute approximate surface area is 203 Å². The van der Waals surface area contributed by atoms with Crippen molar-refractivity contribution in [1.82, 2.24) is 9.97 Å². The number of nitrogens with one attached hydrogen (secondary N) is 2. The Hall–Kier alpha value is -4.37. The van der Waals surface area contributed by atoms with E-state index in [1.807, 2.05) is 25.1 Å². The number of amides is 1. The van der Waals surface area contributed by atoms with Gasteiger partial charge >= 0.3 is 0 Å². The standard InChI is InChI=1S/C26H19N3O5S/c1-14-21(12-15-4-9-18-20(11-15)34-13-33-18)35-26-22(14)25(31)28-23(29-26)16-5-7-17(8-6-16)27-24(30)19-3-2-10-32-19/h2-11H,12-13H2,1H3,(H,27,30)(H,28,29,31). The van der Waals surface area contributed by atoms with E-state index in [0.29, 0.717) is 28.1 Å². The van der Waals surface area contributed by atoms with Crippen LogP contribution >= 0.6 is 11.3 Å². The van der Waals surface area contributed by atoms with Crippen molar-refractivity contribution in [2.75, 3.05) is 12.1 Å². The third-order valence-electron chi connectivity index (χ3n) is 5.86. The smallest absolute Gasteiger partial charge is 0.291 e. The first-order valence-electron chi connectivity index (χ1n) is 10.9. The summed E-state index contributed by atoms with van der Waals surface area (Å²) in [6.45, 7) is 2.19. The molecule has 1 aliphatic rings. The molecule has 6 rings (SSSR count). The molecule has 0 unspecified atom stereocenters. The molecule has 35 heavy (non-hydrogen) atoms. The van der Waals surface area contributed by atoms with Crippen molar-refractivity contribution in [3.8, 4) is 22.9 Å². The number of hydrogen-bond acceptors (Lipinski definition) is 7. The molecule has 0 bridgehead atoms. The molecule has 0 radical (unpaired) electrons. The van der Waals surface area contributed by atoms with Crippen LogP contribution in [0.2, 0.25) is 0 Å². The van der Waals surface area contributed by atoms with Crippen LogP contribution < -0.4 is 20.3 Å². The van der Waals surface area contributed by atoms with Crippen LogP contribution in [-0.4, -0.2) is 22.7 Å². The van der Waals surface area contributed by atoms with Gasteiger partial charge in [-0.1, -0.05) is 6.07 Å². The number of thiophene rings is 1. The minimum Gasteiger partial charge on any atom is -0.459 e. The van der Waals surface area contributed by atoms with Gasteiger partial charge in [-0.25, -0.2) is 4.98 Å². The fourth-order valence-corrected chi connectivity index (χ4v) is 5.26. The van der Waals surface area contributed by atoms with E-state index < -0.39 is 0 Å². The first kappa shape index (κ1) is 21.2. The molecule has 0 saturated carbocycles. The second kappa shape index (κ2) is 8.44. The summed E-state index contributed by atoms with van der Waals surface area (Å²) in [5, 5.41) is 3.38. The van der Waals surface area contributed by atoms with Crippen molar-refractivity contribution in [1.29, 1.82) is 0 Å². The lowest BCUT2D eigenvalue weighted by Gasteiger charge is -2.05. The topological polar surface area (TPSA) is 106 Å². The molecule has 0 aliphatic carbocycles.